The largest absolute Gasteiger partial charge is 0.329 e. The topological polar surface area (TPSA) is 29.3 Å². The van der Waals surface area contributed by atoms with Crippen LogP contribution in [0.2, 0.25) is 0 Å². The predicted molar refractivity (Wildman–Crippen MR) is 55.3 cm³/mol. The van der Waals surface area contributed by atoms with E-state index in [1.807, 2.05) is 0 Å². The Morgan fingerprint density at radius 3 is 2.33 bits per heavy atom. The van der Waals surface area contributed by atoms with Crippen LogP contribution in [-0.2, 0) is 0 Å². The van der Waals surface area contributed by atoms with E-state index in [1.54, 1.807) is 0 Å². The van der Waals surface area contributed by atoms with Crippen molar-refractivity contribution < 1.29 is 0 Å². The average Bonchev–Trinajstić information content (AvgIpc) is 2.11. The third-order valence-corrected chi connectivity index (χ3v) is 2.42. The van der Waals surface area contributed by atoms with E-state index in [0.717, 1.165) is 13.1 Å². The highest BCUT2D eigenvalue weighted by atomic mass is 15.1. The van der Waals surface area contributed by atoms with E-state index >= 15 is 0 Å². The molecule has 0 amide bonds. The van der Waals surface area contributed by atoms with Crippen molar-refractivity contribution in [3.8, 4) is 0 Å². The van der Waals surface area contributed by atoms with Crippen LogP contribution in [0.1, 0.15) is 40.0 Å². The van der Waals surface area contributed by atoms with E-state index in [-0.39, 0.29) is 0 Å². The molecule has 74 valence electrons. The number of hydrogen-bond acceptors (Lipinski definition) is 2. The van der Waals surface area contributed by atoms with E-state index in [9.17, 15) is 0 Å². The van der Waals surface area contributed by atoms with Crippen LogP contribution in [0.25, 0.3) is 0 Å². The molecule has 0 spiro atoms. The van der Waals surface area contributed by atoms with Gasteiger partial charge in [-0.05, 0) is 26.4 Å². The molecular formula is C10H24N2. The molecule has 0 fully saturated rings. The first-order valence-electron chi connectivity index (χ1n) is 5.20. The molecule has 2 heteroatoms. The van der Waals surface area contributed by atoms with Crippen molar-refractivity contribution in [3.05, 3.63) is 0 Å². The highest BCUT2D eigenvalue weighted by Crippen LogP contribution is 2.01. The molecule has 0 aliphatic heterocycles. The minimum Gasteiger partial charge on any atom is -0.329 e. The number of hydrogen-bond donors (Lipinski definition) is 1. The van der Waals surface area contributed by atoms with Crippen LogP contribution in [0.4, 0.5) is 0 Å². The van der Waals surface area contributed by atoms with E-state index < -0.39 is 0 Å². The lowest BCUT2D eigenvalue weighted by molar-refractivity contribution is 0.220. The fourth-order valence-electron chi connectivity index (χ4n) is 1.40. The molecule has 1 unspecified atom stereocenters. The summed E-state index contributed by atoms with van der Waals surface area (Å²) in [5.41, 5.74) is 5.61. The normalized spacial score (nSPS) is 13.8. The number of nitrogens with zero attached hydrogens (tertiary/aromatic N) is 1. The quantitative estimate of drug-likeness (QED) is 0.594. The van der Waals surface area contributed by atoms with Gasteiger partial charge in [-0.15, -0.1) is 0 Å². The molecular weight excluding hydrogens is 148 g/mol. The number of likely N-dealkylation sites (N-methyl/N-ethyl adjacent to an activating group) is 1. The minimum atomic E-state index is 0.548. The third-order valence-electron chi connectivity index (χ3n) is 2.42. The van der Waals surface area contributed by atoms with Crippen LogP contribution in [0, 0.1) is 0 Å². The van der Waals surface area contributed by atoms with Gasteiger partial charge in [-0.3, -0.25) is 4.90 Å². The molecule has 2 N–H and O–H groups in total. The maximum atomic E-state index is 5.61. The van der Waals surface area contributed by atoms with Crippen molar-refractivity contribution in [2.75, 3.05) is 19.6 Å². The van der Waals surface area contributed by atoms with Gasteiger partial charge in [0.1, 0.15) is 0 Å². The molecule has 0 bridgehead atoms. The maximum Gasteiger partial charge on any atom is 0.0190 e. The predicted octanol–water partition coefficient (Wildman–Crippen LogP) is 1.85. The van der Waals surface area contributed by atoms with Crippen molar-refractivity contribution >= 4 is 0 Å². The lowest BCUT2D eigenvalue weighted by atomic mass is 10.2. The summed E-state index contributed by atoms with van der Waals surface area (Å²) in [7, 11) is 0. The van der Waals surface area contributed by atoms with Crippen LogP contribution in [0.5, 0.6) is 0 Å². The van der Waals surface area contributed by atoms with Gasteiger partial charge < -0.3 is 5.73 Å². The highest BCUT2D eigenvalue weighted by molar-refractivity contribution is 4.65. The zero-order valence-electron chi connectivity index (χ0n) is 8.84. The molecule has 0 saturated carbocycles. The van der Waals surface area contributed by atoms with Gasteiger partial charge in [0, 0.05) is 12.6 Å². The van der Waals surface area contributed by atoms with Crippen LogP contribution in [0.3, 0.4) is 0 Å². The summed E-state index contributed by atoms with van der Waals surface area (Å²) in [4.78, 5) is 2.45. The molecule has 0 aliphatic rings. The Kier molecular flexibility index (Phi) is 7.51. The Morgan fingerprint density at radius 1 is 1.25 bits per heavy atom. The standard InChI is InChI=1S/C10H24N2/c1-4-6-7-8-12(5-2)10(3)9-11/h10H,4-9,11H2,1-3H3. The van der Waals surface area contributed by atoms with Crippen molar-refractivity contribution in [1.29, 1.82) is 0 Å². The van der Waals surface area contributed by atoms with Crippen LogP contribution < -0.4 is 5.73 Å². The Morgan fingerprint density at radius 2 is 1.92 bits per heavy atom. The Hall–Kier alpha value is -0.0800. The van der Waals surface area contributed by atoms with E-state index in [1.165, 1.54) is 25.8 Å². The SMILES string of the molecule is CCCCCN(CC)C(C)CN. The third kappa shape index (κ3) is 4.73. The fraction of sp³-hybridized carbons (Fsp3) is 1.00. The smallest absolute Gasteiger partial charge is 0.0190 e. The molecule has 0 heterocycles. The summed E-state index contributed by atoms with van der Waals surface area (Å²) in [5, 5.41) is 0. The lowest BCUT2D eigenvalue weighted by Gasteiger charge is -2.26. The summed E-state index contributed by atoms with van der Waals surface area (Å²) in [5.74, 6) is 0. The van der Waals surface area contributed by atoms with Crippen LogP contribution >= 0.6 is 0 Å². The summed E-state index contributed by atoms with van der Waals surface area (Å²) >= 11 is 0. The summed E-state index contributed by atoms with van der Waals surface area (Å²) in [6.07, 6.45) is 3.96. The van der Waals surface area contributed by atoms with Gasteiger partial charge in [0.2, 0.25) is 0 Å². The second-order valence-electron chi connectivity index (χ2n) is 3.42. The van der Waals surface area contributed by atoms with Crippen molar-refractivity contribution in [2.45, 2.75) is 46.1 Å². The molecule has 12 heavy (non-hydrogen) atoms. The van der Waals surface area contributed by atoms with E-state index in [2.05, 4.69) is 25.7 Å². The first-order chi connectivity index (χ1) is 5.76. The van der Waals surface area contributed by atoms with Gasteiger partial charge in [0.05, 0.1) is 0 Å². The Bertz CT molecular complexity index is 93.8. The monoisotopic (exact) mass is 172 g/mol. The highest BCUT2D eigenvalue weighted by Gasteiger charge is 2.08. The fourth-order valence-corrected chi connectivity index (χ4v) is 1.40. The first kappa shape index (κ1) is 11.9. The summed E-state index contributed by atoms with van der Waals surface area (Å²) in [6, 6.07) is 0.548. The summed E-state index contributed by atoms with van der Waals surface area (Å²) < 4.78 is 0. The maximum absolute atomic E-state index is 5.61. The average molecular weight is 172 g/mol. The van der Waals surface area contributed by atoms with Gasteiger partial charge in [0.25, 0.3) is 0 Å². The number of rotatable bonds is 7. The van der Waals surface area contributed by atoms with Gasteiger partial charge in [-0.2, -0.15) is 0 Å². The molecule has 0 radical (unpaired) electrons. The zero-order valence-corrected chi connectivity index (χ0v) is 8.84. The second kappa shape index (κ2) is 7.56. The molecule has 0 aromatic rings. The molecule has 0 aromatic heterocycles. The lowest BCUT2D eigenvalue weighted by Crippen LogP contribution is -2.38. The number of unbranched alkanes of at least 4 members (excludes halogenated alkanes) is 2. The first-order valence-corrected chi connectivity index (χ1v) is 5.20. The summed E-state index contributed by atoms with van der Waals surface area (Å²) in [6.45, 7) is 9.76. The Balaban J connectivity index is 3.52. The zero-order chi connectivity index (χ0) is 9.40. The van der Waals surface area contributed by atoms with Gasteiger partial charge in [0.15, 0.2) is 0 Å². The molecule has 0 rings (SSSR count). The van der Waals surface area contributed by atoms with Gasteiger partial charge in [-0.25, -0.2) is 0 Å². The van der Waals surface area contributed by atoms with Crippen LogP contribution in [-0.4, -0.2) is 30.6 Å². The van der Waals surface area contributed by atoms with Gasteiger partial charge >= 0.3 is 0 Å². The van der Waals surface area contributed by atoms with E-state index in [0.29, 0.717) is 6.04 Å². The van der Waals surface area contributed by atoms with Crippen molar-refractivity contribution in [2.24, 2.45) is 5.73 Å². The molecule has 1 atom stereocenters. The van der Waals surface area contributed by atoms with E-state index in [4.69, 9.17) is 5.73 Å². The molecule has 0 saturated heterocycles. The van der Waals surface area contributed by atoms with Gasteiger partial charge in [-0.1, -0.05) is 26.7 Å². The number of nitrogens with two attached hydrogens (primary N) is 1. The minimum absolute atomic E-state index is 0.548. The molecule has 0 aromatic carbocycles. The Labute approximate surface area is 77.1 Å². The van der Waals surface area contributed by atoms with Crippen molar-refractivity contribution in [1.82, 2.24) is 4.90 Å². The van der Waals surface area contributed by atoms with Crippen molar-refractivity contribution in [3.63, 3.8) is 0 Å². The van der Waals surface area contributed by atoms with Crippen LogP contribution in [0.15, 0.2) is 0 Å². The molecule has 0 aliphatic carbocycles. The molecule has 2 nitrogen and oxygen atoms in total. The second-order valence-corrected chi connectivity index (χ2v) is 3.42.